The molecule has 0 heterocycles. The Labute approximate surface area is 121 Å². The summed E-state index contributed by atoms with van der Waals surface area (Å²) in [6.07, 6.45) is 5.05. The van der Waals surface area contributed by atoms with Gasteiger partial charge in [-0.1, -0.05) is 62.6 Å². The monoisotopic (exact) mass is 271 g/mol. The van der Waals surface area contributed by atoms with Crippen LogP contribution in [0.1, 0.15) is 51.1 Å². The highest BCUT2D eigenvalue weighted by Crippen LogP contribution is 2.32. The number of unbranched alkanes of at least 4 members (excludes halogenated alkanes) is 3. The molecule has 2 aromatic rings. The molecule has 2 nitrogen and oxygen atoms in total. The normalized spacial score (nSPS) is 12.7. The van der Waals surface area contributed by atoms with Gasteiger partial charge in [0.25, 0.3) is 0 Å². The van der Waals surface area contributed by atoms with Crippen molar-refractivity contribution in [1.82, 2.24) is 5.32 Å². The summed E-state index contributed by atoms with van der Waals surface area (Å²) in [7, 11) is 0. The van der Waals surface area contributed by atoms with Crippen molar-refractivity contribution in [2.75, 3.05) is 6.54 Å². The second kappa shape index (κ2) is 7.30. The molecule has 0 radical (unpaired) electrons. The largest absolute Gasteiger partial charge is 0.507 e. The van der Waals surface area contributed by atoms with Crippen LogP contribution in [0.3, 0.4) is 0 Å². The Balaban J connectivity index is 2.03. The van der Waals surface area contributed by atoms with Gasteiger partial charge in [0.1, 0.15) is 5.75 Å². The molecular formula is C18H25NO. The van der Waals surface area contributed by atoms with Gasteiger partial charge in [0, 0.05) is 17.0 Å². The Morgan fingerprint density at radius 1 is 1.05 bits per heavy atom. The Morgan fingerprint density at radius 3 is 2.65 bits per heavy atom. The van der Waals surface area contributed by atoms with E-state index in [4.69, 9.17) is 0 Å². The predicted molar refractivity (Wildman–Crippen MR) is 86.2 cm³/mol. The van der Waals surface area contributed by atoms with Gasteiger partial charge in [0.05, 0.1) is 0 Å². The van der Waals surface area contributed by atoms with Crippen LogP contribution in [-0.2, 0) is 0 Å². The van der Waals surface area contributed by atoms with Crippen LogP contribution in [-0.4, -0.2) is 11.7 Å². The van der Waals surface area contributed by atoms with Crippen molar-refractivity contribution in [3.8, 4) is 5.75 Å². The summed E-state index contributed by atoms with van der Waals surface area (Å²) in [5.41, 5.74) is 0.985. The molecule has 0 aliphatic carbocycles. The van der Waals surface area contributed by atoms with Gasteiger partial charge in [0.2, 0.25) is 0 Å². The predicted octanol–water partition coefficient (Wildman–Crippen LogP) is 4.78. The average Bonchev–Trinajstić information content (AvgIpc) is 2.47. The zero-order valence-corrected chi connectivity index (χ0v) is 12.5. The van der Waals surface area contributed by atoms with Crippen LogP contribution in [0.4, 0.5) is 0 Å². The standard InChI is InChI=1S/C18H25NO/c1-3-4-5-8-13-19-14(2)16-12-11-15-9-6-7-10-17(15)18(16)20/h6-7,9-12,14,19-20H,3-5,8,13H2,1-2H3. The zero-order valence-electron chi connectivity index (χ0n) is 12.5. The third kappa shape index (κ3) is 3.51. The summed E-state index contributed by atoms with van der Waals surface area (Å²) >= 11 is 0. The summed E-state index contributed by atoms with van der Waals surface area (Å²) < 4.78 is 0. The first-order valence-corrected chi connectivity index (χ1v) is 7.68. The number of phenols is 1. The van der Waals surface area contributed by atoms with Gasteiger partial charge in [-0.25, -0.2) is 0 Å². The highest BCUT2D eigenvalue weighted by Gasteiger charge is 2.11. The molecule has 2 N–H and O–H groups in total. The third-order valence-electron chi connectivity index (χ3n) is 3.88. The summed E-state index contributed by atoms with van der Waals surface area (Å²) in [6.45, 7) is 5.35. The second-order valence-electron chi connectivity index (χ2n) is 5.46. The second-order valence-corrected chi connectivity index (χ2v) is 5.46. The quantitative estimate of drug-likeness (QED) is 0.710. The lowest BCUT2D eigenvalue weighted by Crippen LogP contribution is -2.19. The minimum atomic E-state index is 0.182. The van der Waals surface area contributed by atoms with E-state index in [1.807, 2.05) is 30.3 Å². The van der Waals surface area contributed by atoms with E-state index in [-0.39, 0.29) is 6.04 Å². The lowest BCUT2D eigenvalue weighted by atomic mass is 10.0. The molecule has 1 unspecified atom stereocenters. The van der Waals surface area contributed by atoms with Crippen LogP contribution in [0.15, 0.2) is 36.4 Å². The Morgan fingerprint density at radius 2 is 1.85 bits per heavy atom. The minimum Gasteiger partial charge on any atom is -0.507 e. The summed E-state index contributed by atoms with van der Waals surface area (Å²) in [4.78, 5) is 0. The van der Waals surface area contributed by atoms with E-state index in [1.54, 1.807) is 0 Å². The lowest BCUT2D eigenvalue weighted by Gasteiger charge is -2.17. The van der Waals surface area contributed by atoms with Crippen LogP contribution in [0, 0.1) is 0 Å². The van der Waals surface area contributed by atoms with Gasteiger partial charge in [-0.2, -0.15) is 0 Å². The highest BCUT2D eigenvalue weighted by molar-refractivity contribution is 5.89. The molecule has 2 aromatic carbocycles. The van der Waals surface area contributed by atoms with E-state index in [2.05, 4.69) is 25.2 Å². The molecule has 0 aliphatic rings. The molecule has 0 spiro atoms. The first kappa shape index (κ1) is 14.9. The lowest BCUT2D eigenvalue weighted by molar-refractivity contribution is 0.456. The number of rotatable bonds is 7. The van der Waals surface area contributed by atoms with Gasteiger partial charge in [-0.05, 0) is 25.3 Å². The Hall–Kier alpha value is -1.54. The fraction of sp³-hybridized carbons (Fsp3) is 0.444. The number of aromatic hydroxyl groups is 1. The van der Waals surface area contributed by atoms with Gasteiger partial charge in [-0.3, -0.25) is 0 Å². The number of fused-ring (bicyclic) bond motifs is 1. The molecule has 0 bridgehead atoms. The molecule has 0 saturated heterocycles. The number of hydrogen-bond acceptors (Lipinski definition) is 2. The Kier molecular flexibility index (Phi) is 5.42. The van der Waals surface area contributed by atoms with Crippen molar-refractivity contribution in [2.24, 2.45) is 0 Å². The maximum Gasteiger partial charge on any atom is 0.128 e. The summed E-state index contributed by atoms with van der Waals surface area (Å²) in [5, 5.41) is 15.9. The first-order chi connectivity index (χ1) is 9.74. The summed E-state index contributed by atoms with van der Waals surface area (Å²) in [6, 6.07) is 12.3. The maximum atomic E-state index is 10.4. The van der Waals surface area contributed by atoms with Gasteiger partial charge < -0.3 is 10.4 Å². The number of nitrogens with one attached hydrogen (secondary N) is 1. The summed E-state index contributed by atoms with van der Waals surface area (Å²) in [5.74, 6) is 0.414. The minimum absolute atomic E-state index is 0.182. The molecule has 0 fully saturated rings. The first-order valence-electron chi connectivity index (χ1n) is 7.68. The third-order valence-corrected chi connectivity index (χ3v) is 3.88. The molecule has 0 aliphatic heterocycles. The number of phenolic OH excluding ortho intramolecular Hbond substituents is 1. The molecule has 0 amide bonds. The van der Waals surface area contributed by atoms with E-state index >= 15 is 0 Å². The smallest absolute Gasteiger partial charge is 0.128 e. The average molecular weight is 271 g/mol. The van der Waals surface area contributed by atoms with Crippen molar-refractivity contribution in [1.29, 1.82) is 0 Å². The van der Waals surface area contributed by atoms with Crippen LogP contribution in [0.25, 0.3) is 10.8 Å². The molecule has 2 heteroatoms. The highest BCUT2D eigenvalue weighted by atomic mass is 16.3. The van der Waals surface area contributed by atoms with E-state index in [0.29, 0.717) is 5.75 Å². The molecular weight excluding hydrogens is 246 g/mol. The Bertz CT molecular complexity index is 550. The fourth-order valence-electron chi connectivity index (χ4n) is 2.60. The van der Waals surface area contributed by atoms with E-state index in [1.165, 1.54) is 25.7 Å². The van der Waals surface area contributed by atoms with Crippen molar-refractivity contribution in [3.63, 3.8) is 0 Å². The van der Waals surface area contributed by atoms with E-state index < -0.39 is 0 Å². The number of hydrogen-bond donors (Lipinski definition) is 2. The van der Waals surface area contributed by atoms with Crippen LogP contribution in [0.2, 0.25) is 0 Å². The van der Waals surface area contributed by atoms with E-state index in [9.17, 15) is 5.11 Å². The van der Waals surface area contributed by atoms with Crippen molar-refractivity contribution >= 4 is 10.8 Å². The van der Waals surface area contributed by atoms with Crippen LogP contribution in [0.5, 0.6) is 5.75 Å². The zero-order chi connectivity index (χ0) is 14.4. The molecule has 0 saturated carbocycles. The van der Waals surface area contributed by atoms with Crippen molar-refractivity contribution in [3.05, 3.63) is 42.0 Å². The van der Waals surface area contributed by atoms with Crippen molar-refractivity contribution < 1.29 is 5.11 Å². The molecule has 2 rings (SSSR count). The van der Waals surface area contributed by atoms with Gasteiger partial charge in [0.15, 0.2) is 0 Å². The SMILES string of the molecule is CCCCCCNC(C)c1ccc2ccccc2c1O. The van der Waals surface area contributed by atoms with Crippen molar-refractivity contribution in [2.45, 2.75) is 45.6 Å². The molecule has 0 aromatic heterocycles. The van der Waals surface area contributed by atoms with E-state index in [0.717, 1.165) is 22.9 Å². The number of benzene rings is 2. The van der Waals surface area contributed by atoms with Gasteiger partial charge >= 0.3 is 0 Å². The molecule has 20 heavy (non-hydrogen) atoms. The molecule has 108 valence electrons. The van der Waals surface area contributed by atoms with Crippen LogP contribution < -0.4 is 5.32 Å². The fourth-order valence-corrected chi connectivity index (χ4v) is 2.60. The van der Waals surface area contributed by atoms with Gasteiger partial charge in [-0.15, -0.1) is 0 Å². The maximum absolute atomic E-state index is 10.4. The van der Waals surface area contributed by atoms with Crippen LogP contribution >= 0.6 is 0 Å². The topological polar surface area (TPSA) is 32.3 Å². The molecule has 1 atom stereocenters.